The third-order valence-corrected chi connectivity index (χ3v) is 5.61. The van der Waals surface area contributed by atoms with Crippen LogP contribution in [0.3, 0.4) is 0 Å². The minimum absolute atomic E-state index is 0.185. The zero-order chi connectivity index (χ0) is 14.4. The van der Waals surface area contributed by atoms with E-state index in [0.717, 1.165) is 25.0 Å². The summed E-state index contributed by atoms with van der Waals surface area (Å²) in [7, 11) is 1.75. The lowest BCUT2D eigenvalue weighted by Crippen LogP contribution is -2.35. The molecule has 0 amide bonds. The van der Waals surface area contributed by atoms with Crippen LogP contribution < -0.4 is 0 Å². The molecule has 1 atom stereocenters. The highest BCUT2D eigenvalue weighted by molar-refractivity contribution is 6.46. The second kappa shape index (κ2) is 7.52. The third kappa shape index (κ3) is 3.45. The van der Waals surface area contributed by atoms with Crippen molar-refractivity contribution in [1.29, 1.82) is 0 Å². The Morgan fingerprint density at radius 1 is 1.25 bits per heavy atom. The smallest absolute Gasteiger partial charge is 0.346 e. The summed E-state index contributed by atoms with van der Waals surface area (Å²) in [5, 5.41) is 0. The van der Waals surface area contributed by atoms with Gasteiger partial charge in [0.1, 0.15) is 0 Å². The standard InChI is InChI=1S/C16H23NO2Si/c1-4-8-16(20(18-2)19-3)17-15-12-7-10-13-9-5-6-11-14(13)15/h5-7,9-11,16,20H,4,8,12H2,1-3H3. The Balaban J connectivity index is 2.30. The van der Waals surface area contributed by atoms with Gasteiger partial charge < -0.3 is 8.85 Å². The van der Waals surface area contributed by atoms with Crippen molar-refractivity contribution < 1.29 is 8.85 Å². The molecule has 0 heterocycles. The molecule has 0 saturated heterocycles. The van der Waals surface area contributed by atoms with Gasteiger partial charge in [-0.2, -0.15) is 0 Å². The molecule has 1 unspecified atom stereocenters. The first-order chi connectivity index (χ1) is 9.80. The molecule has 2 rings (SSSR count). The zero-order valence-electron chi connectivity index (χ0n) is 12.5. The average molecular weight is 289 g/mol. The number of benzene rings is 1. The lowest BCUT2D eigenvalue weighted by atomic mass is 9.95. The van der Waals surface area contributed by atoms with Crippen LogP contribution in [0.1, 0.15) is 37.3 Å². The van der Waals surface area contributed by atoms with Crippen molar-refractivity contribution in [3.05, 3.63) is 41.5 Å². The van der Waals surface area contributed by atoms with Crippen molar-refractivity contribution in [2.45, 2.75) is 31.9 Å². The number of rotatable bonds is 6. The molecule has 4 heteroatoms. The normalized spacial score (nSPS) is 17.5. The minimum atomic E-state index is -1.72. The quantitative estimate of drug-likeness (QED) is 0.753. The van der Waals surface area contributed by atoms with E-state index in [4.69, 9.17) is 13.8 Å². The second-order valence-corrected chi connectivity index (χ2v) is 7.41. The third-order valence-electron chi connectivity index (χ3n) is 3.57. The van der Waals surface area contributed by atoms with E-state index in [-0.39, 0.29) is 5.67 Å². The maximum atomic E-state index is 5.54. The van der Waals surface area contributed by atoms with Gasteiger partial charge in [-0.25, -0.2) is 0 Å². The summed E-state index contributed by atoms with van der Waals surface area (Å²) in [6, 6.07) is 8.43. The number of hydrogen-bond acceptors (Lipinski definition) is 3. The highest BCUT2D eigenvalue weighted by Crippen LogP contribution is 2.21. The summed E-state index contributed by atoms with van der Waals surface area (Å²) >= 11 is 0. The van der Waals surface area contributed by atoms with E-state index in [0.29, 0.717) is 0 Å². The largest absolute Gasteiger partial charge is 0.399 e. The molecule has 0 fully saturated rings. The SMILES string of the molecule is CCCC(N=C1CC=Cc2ccccc21)[SiH](OC)OC. The van der Waals surface area contributed by atoms with Gasteiger partial charge in [-0.1, -0.05) is 49.8 Å². The number of allylic oxidation sites excluding steroid dienone is 1. The lowest BCUT2D eigenvalue weighted by molar-refractivity contribution is 0.264. The molecule has 0 saturated carbocycles. The molecule has 0 spiro atoms. The lowest BCUT2D eigenvalue weighted by Gasteiger charge is -2.21. The first kappa shape index (κ1) is 15.2. The Hall–Kier alpha value is -1.23. The average Bonchev–Trinajstić information content (AvgIpc) is 2.49. The van der Waals surface area contributed by atoms with E-state index in [9.17, 15) is 0 Å². The number of hydrogen-bond donors (Lipinski definition) is 0. The van der Waals surface area contributed by atoms with Crippen LogP contribution in [0, 0.1) is 0 Å². The van der Waals surface area contributed by atoms with Crippen molar-refractivity contribution in [2.75, 3.05) is 14.2 Å². The van der Waals surface area contributed by atoms with Gasteiger partial charge in [0.2, 0.25) is 0 Å². The Bertz CT molecular complexity index is 495. The Morgan fingerprint density at radius 3 is 2.70 bits per heavy atom. The van der Waals surface area contributed by atoms with Gasteiger partial charge in [-0.05, 0) is 12.0 Å². The molecular weight excluding hydrogens is 266 g/mol. The molecule has 0 aromatic heterocycles. The summed E-state index contributed by atoms with van der Waals surface area (Å²) in [5.74, 6) is 0. The monoisotopic (exact) mass is 289 g/mol. The van der Waals surface area contributed by atoms with Crippen LogP contribution in [-0.4, -0.2) is 34.9 Å². The predicted molar refractivity (Wildman–Crippen MR) is 86.5 cm³/mol. The Kier molecular flexibility index (Phi) is 5.70. The summed E-state index contributed by atoms with van der Waals surface area (Å²) in [6.07, 6.45) is 7.36. The summed E-state index contributed by atoms with van der Waals surface area (Å²) < 4.78 is 11.1. The van der Waals surface area contributed by atoms with E-state index >= 15 is 0 Å². The Labute approximate surface area is 123 Å². The minimum Gasteiger partial charge on any atom is -0.399 e. The molecule has 1 aromatic rings. The molecule has 20 heavy (non-hydrogen) atoms. The topological polar surface area (TPSA) is 30.8 Å². The van der Waals surface area contributed by atoms with Crippen LogP contribution in [-0.2, 0) is 8.85 Å². The van der Waals surface area contributed by atoms with Gasteiger partial charge in [0, 0.05) is 31.9 Å². The predicted octanol–water partition coefficient (Wildman–Crippen LogP) is 3.11. The van der Waals surface area contributed by atoms with E-state index < -0.39 is 9.28 Å². The number of aliphatic imine (C=N–C) groups is 1. The van der Waals surface area contributed by atoms with Gasteiger partial charge in [0.05, 0.1) is 5.67 Å². The molecule has 0 bridgehead atoms. The molecule has 3 nitrogen and oxygen atoms in total. The molecule has 0 radical (unpaired) electrons. The fraction of sp³-hybridized carbons (Fsp3) is 0.438. The van der Waals surface area contributed by atoms with Crippen LogP contribution in [0.4, 0.5) is 0 Å². The van der Waals surface area contributed by atoms with Gasteiger partial charge in [0.15, 0.2) is 0 Å². The highest BCUT2D eigenvalue weighted by atomic mass is 28.3. The van der Waals surface area contributed by atoms with Crippen molar-refractivity contribution in [1.82, 2.24) is 0 Å². The zero-order valence-corrected chi connectivity index (χ0v) is 13.7. The maximum absolute atomic E-state index is 5.54. The van der Waals surface area contributed by atoms with E-state index in [1.807, 2.05) is 0 Å². The van der Waals surface area contributed by atoms with Crippen LogP contribution in [0.5, 0.6) is 0 Å². The Morgan fingerprint density at radius 2 is 2.00 bits per heavy atom. The molecule has 0 N–H and O–H groups in total. The summed E-state index contributed by atoms with van der Waals surface area (Å²) in [6.45, 7) is 2.18. The first-order valence-corrected chi connectivity index (χ1v) is 8.79. The molecule has 0 aliphatic heterocycles. The molecule has 1 aromatic carbocycles. The fourth-order valence-electron chi connectivity index (χ4n) is 2.60. The first-order valence-electron chi connectivity index (χ1n) is 7.18. The molecular formula is C16H23NO2Si. The maximum Gasteiger partial charge on any atom is 0.346 e. The van der Waals surface area contributed by atoms with Crippen molar-refractivity contribution in [3.8, 4) is 0 Å². The van der Waals surface area contributed by atoms with Crippen molar-refractivity contribution in [2.24, 2.45) is 4.99 Å². The summed E-state index contributed by atoms with van der Waals surface area (Å²) in [5.41, 5.74) is 3.84. The van der Waals surface area contributed by atoms with Crippen LogP contribution in [0.2, 0.25) is 0 Å². The molecule has 1 aliphatic carbocycles. The number of fused-ring (bicyclic) bond motifs is 1. The highest BCUT2D eigenvalue weighted by Gasteiger charge is 2.24. The number of nitrogens with zero attached hydrogens (tertiary/aromatic N) is 1. The fourth-order valence-corrected chi connectivity index (χ4v) is 4.33. The van der Waals surface area contributed by atoms with Gasteiger partial charge in [-0.3, -0.25) is 4.99 Å². The molecule has 108 valence electrons. The van der Waals surface area contributed by atoms with Crippen LogP contribution in [0.15, 0.2) is 35.3 Å². The van der Waals surface area contributed by atoms with Crippen LogP contribution in [0.25, 0.3) is 6.08 Å². The van der Waals surface area contributed by atoms with E-state index in [2.05, 4.69) is 43.3 Å². The molecule has 1 aliphatic rings. The van der Waals surface area contributed by atoms with E-state index in [1.165, 1.54) is 11.1 Å². The van der Waals surface area contributed by atoms with Crippen LogP contribution >= 0.6 is 0 Å². The van der Waals surface area contributed by atoms with Gasteiger partial charge in [0.25, 0.3) is 0 Å². The second-order valence-electron chi connectivity index (χ2n) is 4.97. The van der Waals surface area contributed by atoms with E-state index in [1.54, 1.807) is 14.2 Å². The van der Waals surface area contributed by atoms with Gasteiger partial charge >= 0.3 is 9.28 Å². The van der Waals surface area contributed by atoms with Crippen molar-refractivity contribution in [3.63, 3.8) is 0 Å². The van der Waals surface area contributed by atoms with Gasteiger partial charge in [-0.15, -0.1) is 0 Å². The van der Waals surface area contributed by atoms with Crippen molar-refractivity contribution >= 4 is 21.1 Å². The summed E-state index contributed by atoms with van der Waals surface area (Å²) in [4.78, 5) is 4.99.